The highest BCUT2D eigenvalue weighted by atomic mass is 31.2. The highest BCUT2D eigenvalue weighted by Gasteiger charge is 2.21. The first-order chi connectivity index (χ1) is 16.4. The Kier molecular flexibility index (Phi) is 9.46. The number of fused-ring (bicyclic) bond motifs is 1. The molecule has 3 aromatic rings. The number of ether oxygens (including phenoxy) is 2. The maximum absolute atomic E-state index is 13.2. The molecule has 11 nitrogen and oxygen atoms in total. The summed E-state index contributed by atoms with van der Waals surface area (Å²) in [5.74, 6) is 0.432. The summed E-state index contributed by atoms with van der Waals surface area (Å²) in [6.45, 7) is 6.31. The molecule has 0 saturated carbocycles. The molecule has 3 unspecified atom stereocenters. The van der Waals surface area contributed by atoms with Crippen molar-refractivity contribution in [3.63, 3.8) is 0 Å². The van der Waals surface area contributed by atoms with E-state index in [1.165, 1.54) is 24.3 Å². The van der Waals surface area contributed by atoms with Gasteiger partial charge in [-0.15, -0.1) is 0 Å². The van der Waals surface area contributed by atoms with Crippen molar-refractivity contribution >= 4 is 31.9 Å². The summed E-state index contributed by atoms with van der Waals surface area (Å²) in [4.78, 5) is 23.5. The minimum atomic E-state index is -1.66. The Balaban J connectivity index is 1.66. The largest absolute Gasteiger partial charge is 0.476 e. The van der Waals surface area contributed by atoms with Crippen LogP contribution in [0.3, 0.4) is 0 Å². The number of anilines is 1. The molecule has 0 aliphatic carbocycles. The zero-order chi connectivity index (χ0) is 24.5. The van der Waals surface area contributed by atoms with Gasteiger partial charge in [0.25, 0.3) is 0 Å². The molecule has 0 fully saturated rings. The molecule has 13 heteroatoms. The summed E-state index contributed by atoms with van der Waals surface area (Å²) in [6, 6.07) is 5.54. The van der Waals surface area contributed by atoms with Crippen molar-refractivity contribution in [3.05, 3.63) is 36.4 Å². The topological polar surface area (TPSA) is 136 Å². The summed E-state index contributed by atoms with van der Waals surface area (Å²) in [5.41, 5.74) is 6.82. The Labute approximate surface area is 197 Å². The molecular weight excluding hydrogens is 466 g/mol. The lowest BCUT2D eigenvalue weighted by Crippen LogP contribution is -2.25. The fourth-order valence-electron chi connectivity index (χ4n) is 2.97. The molecule has 3 rings (SSSR count). The maximum Gasteiger partial charge on any atom is 0.318 e. The van der Waals surface area contributed by atoms with Crippen LogP contribution in [0.15, 0.2) is 30.6 Å². The van der Waals surface area contributed by atoms with Gasteiger partial charge in [0, 0.05) is 0 Å². The number of benzene rings is 1. The van der Waals surface area contributed by atoms with E-state index in [-0.39, 0.29) is 31.0 Å². The second kappa shape index (κ2) is 12.5. The molecule has 2 aromatic heterocycles. The van der Waals surface area contributed by atoms with E-state index in [1.807, 2.05) is 20.8 Å². The number of aromatic nitrogens is 4. The number of hydrogen-bond acceptors (Lipinski definition) is 10. The highest BCUT2D eigenvalue weighted by molar-refractivity contribution is 7.45. The molecule has 0 aliphatic rings. The molecular formula is C21H28FN6O5P. The summed E-state index contributed by atoms with van der Waals surface area (Å²) in [6.07, 6.45) is 2.19. The first-order valence-corrected chi connectivity index (χ1v) is 11.9. The predicted octanol–water partition coefficient (Wildman–Crippen LogP) is 3.37. The monoisotopic (exact) mass is 494 g/mol. The third-order valence-corrected chi connectivity index (χ3v) is 5.81. The molecule has 0 saturated heterocycles. The fraction of sp³-hybridized carbons (Fsp3) is 0.429. The van der Waals surface area contributed by atoms with E-state index < -0.39 is 14.8 Å². The number of carbonyl (C=O) groups excluding carboxylic acids is 1. The Morgan fingerprint density at radius 1 is 1.26 bits per heavy atom. The van der Waals surface area contributed by atoms with Crippen molar-refractivity contribution in [2.45, 2.75) is 39.5 Å². The average Bonchev–Trinajstić information content (AvgIpc) is 3.25. The van der Waals surface area contributed by atoms with Crippen LogP contribution < -0.4 is 20.1 Å². The molecule has 0 radical (unpaired) electrons. The Morgan fingerprint density at radius 2 is 2.03 bits per heavy atom. The van der Waals surface area contributed by atoms with Crippen molar-refractivity contribution in [2.24, 2.45) is 0 Å². The van der Waals surface area contributed by atoms with Crippen LogP contribution in [0.25, 0.3) is 11.2 Å². The van der Waals surface area contributed by atoms with Crippen LogP contribution in [-0.2, 0) is 14.1 Å². The number of imidazole rings is 1. The van der Waals surface area contributed by atoms with Crippen LogP contribution in [0.2, 0.25) is 0 Å². The summed E-state index contributed by atoms with van der Waals surface area (Å²) in [5, 5.41) is 2.88. The van der Waals surface area contributed by atoms with Gasteiger partial charge in [-0.3, -0.25) is 4.57 Å². The van der Waals surface area contributed by atoms with Gasteiger partial charge >= 0.3 is 8.53 Å². The van der Waals surface area contributed by atoms with Gasteiger partial charge in [-0.05, 0) is 44.5 Å². The number of aldehydes is 1. The average molecular weight is 494 g/mol. The molecule has 2 heterocycles. The van der Waals surface area contributed by atoms with Crippen LogP contribution in [-0.4, -0.2) is 51.7 Å². The molecule has 0 spiro atoms. The Morgan fingerprint density at radius 3 is 2.71 bits per heavy atom. The number of nitrogens with two attached hydrogens (primary N) is 1. The second-order valence-electron chi connectivity index (χ2n) is 7.04. The molecule has 0 amide bonds. The lowest BCUT2D eigenvalue weighted by atomic mass is 10.3. The van der Waals surface area contributed by atoms with Crippen molar-refractivity contribution in [3.8, 4) is 11.6 Å². The van der Waals surface area contributed by atoms with Crippen LogP contribution >= 0.6 is 8.53 Å². The standard InChI is InChI=1S/C21H28FN6O5P/c1-4-16(12-31-34(25-10-11-29)33-17-8-6-15(22)7-9-17)32-14(3)28-13-24-18-19(28)26-21(23)27-20(18)30-5-2/h6-9,11,13-14,16,25H,4-5,10,12H2,1-3H3,(H2,23,26,27). The van der Waals surface area contributed by atoms with E-state index in [0.29, 0.717) is 42.1 Å². The van der Waals surface area contributed by atoms with Crippen molar-refractivity contribution in [2.75, 3.05) is 25.5 Å². The van der Waals surface area contributed by atoms with Gasteiger partial charge in [-0.25, -0.2) is 14.5 Å². The third kappa shape index (κ3) is 6.80. The third-order valence-electron chi connectivity index (χ3n) is 4.61. The van der Waals surface area contributed by atoms with Gasteiger partial charge < -0.3 is 29.0 Å². The van der Waals surface area contributed by atoms with Crippen molar-refractivity contribution < 1.29 is 27.7 Å². The number of nitrogens with one attached hydrogen (secondary N) is 1. The first-order valence-electron chi connectivity index (χ1n) is 10.8. The van der Waals surface area contributed by atoms with Gasteiger partial charge in [0.1, 0.15) is 24.1 Å². The second-order valence-corrected chi connectivity index (χ2v) is 8.31. The fourth-order valence-corrected chi connectivity index (χ4v) is 4.01. The lowest BCUT2D eigenvalue weighted by Gasteiger charge is -2.24. The number of carbonyl (C=O) groups is 1. The number of rotatable bonds is 14. The summed E-state index contributed by atoms with van der Waals surface area (Å²) >= 11 is 0. The number of hydrogen-bond donors (Lipinski definition) is 2. The Bertz CT molecular complexity index is 1070. The highest BCUT2D eigenvalue weighted by Crippen LogP contribution is 2.36. The minimum absolute atomic E-state index is 0.0469. The zero-order valence-corrected chi connectivity index (χ0v) is 20.1. The maximum atomic E-state index is 13.2. The molecule has 34 heavy (non-hydrogen) atoms. The molecule has 3 N–H and O–H groups in total. The quantitative estimate of drug-likeness (QED) is 0.254. The van der Waals surface area contributed by atoms with E-state index in [1.54, 1.807) is 10.9 Å². The minimum Gasteiger partial charge on any atom is -0.476 e. The lowest BCUT2D eigenvalue weighted by molar-refractivity contribution is -0.106. The van der Waals surface area contributed by atoms with Crippen LogP contribution in [0.1, 0.15) is 33.4 Å². The number of halogens is 1. The van der Waals surface area contributed by atoms with Gasteiger partial charge in [-0.2, -0.15) is 9.97 Å². The van der Waals surface area contributed by atoms with Gasteiger partial charge in [0.15, 0.2) is 11.2 Å². The normalized spacial score (nSPS) is 14.0. The van der Waals surface area contributed by atoms with Gasteiger partial charge in [0.05, 0.1) is 32.2 Å². The van der Waals surface area contributed by atoms with E-state index in [2.05, 4.69) is 20.0 Å². The SMILES string of the molecule is CCOc1nc(N)nc2c1ncn2C(C)OC(CC)COP(NCC=O)Oc1ccc(F)cc1. The molecule has 3 atom stereocenters. The predicted molar refractivity (Wildman–Crippen MR) is 125 cm³/mol. The molecule has 184 valence electrons. The first kappa shape index (κ1) is 25.7. The molecule has 0 bridgehead atoms. The summed E-state index contributed by atoms with van der Waals surface area (Å²) < 4.78 is 38.2. The van der Waals surface area contributed by atoms with E-state index in [4.69, 9.17) is 24.3 Å². The van der Waals surface area contributed by atoms with E-state index in [0.717, 1.165) is 0 Å². The van der Waals surface area contributed by atoms with Crippen molar-refractivity contribution in [1.29, 1.82) is 0 Å². The van der Waals surface area contributed by atoms with Crippen LogP contribution in [0, 0.1) is 5.82 Å². The summed E-state index contributed by atoms with van der Waals surface area (Å²) in [7, 11) is -1.66. The van der Waals surface area contributed by atoms with Crippen molar-refractivity contribution in [1.82, 2.24) is 24.6 Å². The Hall–Kier alpha value is -2.92. The zero-order valence-electron chi connectivity index (χ0n) is 19.2. The van der Waals surface area contributed by atoms with Crippen LogP contribution in [0.5, 0.6) is 11.6 Å². The molecule has 0 aliphatic heterocycles. The smallest absolute Gasteiger partial charge is 0.318 e. The molecule has 1 aromatic carbocycles. The van der Waals surface area contributed by atoms with Gasteiger partial charge in [-0.1, -0.05) is 6.92 Å². The number of nitrogens with zero attached hydrogens (tertiary/aromatic N) is 4. The van der Waals surface area contributed by atoms with Gasteiger partial charge in [0.2, 0.25) is 11.8 Å². The van der Waals surface area contributed by atoms with E-state index >= 15 is 0 Å². The van der Waals surface area contributed by atoms with Crippen LogP contribution in [0.4, 0.5) is 10.3 Å². The number of nitrogen functional groups attached to an aromatic ring is 1. The van der Waals surface area contributed by atoms with E-state index in [9.17, 15) is 9.18 Å².